The molecule has 0 spiro atoms. The monoisotopic (exact) mass is 362 g/mol. The standard InChI is InChI=1S/C14H4F10/c15-8-6(9(16)11(18)12(19)10(8)17)4-2-1-3-5(13(20)21)7(4)14(22,23)24/h1-3,13H. The Morgan fingerprint density at radius 2 is 1.17 bits per heavy atom. The highest BCUT2D eigenvalue weighted by Gasteiger charge is 2.40. The highest BCUT2D eigenvalue weighted by atomic mass is 19.4. The Kier molecular flexibility index (Phi) is 4.51. The van der Waals surface area contributed by atoms with E-state index in [2.05, 4.69) is 0 Å². The number of benzene rings is 2. The van der Waals surface area contributed by atoms with Crippen LogP contribution in [-0.4, -0.2) is 0 Å². The molecule has 0 aliphatic rings. The van der Waals surface area contributed by atoms with E-state index in [9.17, 15) is 43.9 Å². The molecule has 2 aromatic carbocycles. The van der Waals surface area contributed by atoms with E-state index in [1.807, 2.05) is 0 Å². The largest absolute Gasteiger partial charge is 0.417 e. The third kappa shape index (κ3) is 2.80. The van der Waals surface area contributed by atoms with Gasteiger partial charge in [-0.25, -0.2) is 30.7 Å². The summed E-state index contributed by atoms with van der Waals surface area (Å²) < 4.78 is 132. The second-order valence-corrected chi connectivity index (χ2v) is 4.51. The summed E-state index contributed by atoms with van der Waals surface area (Å²) >= 11 is 0. The average molecular weight is 362 g/mol. The first-order valence-corrected chi connectivity index (χ1v) is 5.98. The van der Waals surface area contributed by atoms with Gasteiger partial charge in [0.05, 0.1) is 11.1 Å². The van der Waals surface area contributed by atoms with Crippen molar-refractivity contribution < 1.29 is 43.9 Å². The zero-order valence-corrected chi connectivity index (χ0v) is 11.1. The van der Waals surface area contributed by atoms with Gasteiger partial charge in [-0.1, -0.05) is 18.2 Å². The summed E-state index contributed by atoms with van der Waals surface area (Å²) in [6, 6.07) is 1.26. The number of rotatable bonds is 2. The highest BCUT2D eigenvalue weighted by molar-refractivity contribution is 5.71. The van der Waals surface area contributed by atoms with Crippen LogP contribution in [0.15, 0.2) is 18.2 Å². The molecule has 0 nitrogen and oxygen atoms in total. The summed E-state index contributed by atoms with van der Waals surface area (Å²) in [7, 11) is 0. The zero-order valence-electron chi connectivity index (χ0n) is 11.1. The molecule has 24 heavy (non-hydrogen) atoms. The first-order valence-electron chi connectivity index (χ1n) is 5.98. The molecule has 0 amide bonds. The minimum atomic E-state index is -5.53. The minimum absolute atomic E-state index is 0.336. The van der Waals surface area contributed by atoms with E-state index in [0.717, 1.165) is 0 Å². The minimum Gasteiger partial charge on any atom is -0.205 e. The third-order valence-electron chi connectivity index (χ3n) is 3.09. The van der Waals surface area contributed by atoms with Gasteiger partial charge >= 0.3 is 6.18 Å². The van der Waals surface area contributed by atoms with E-state index in [1.165, 1.54) is 0 Å². The molecule has 0 saturated heterocycles. The van der Waals surface area contributed by atoms with Crippen molar-refractivity contribution in [3.05, 3.63) is 58.4 Å². The molecule has 0 aromatic heterocycles. The second-order valence-electron chi connectivity index (χ2n) is 4.51. The fourth-order valence-corrected chi connectivity index (χ4v) is 2.12. The van der Waals surface area contributed by atoms with Crippen molar-refractivity contribution in [1.82, 2.24) is 0 Å². The Labute approximate surface area is 127 Å². The molecular formula is C14H4F10. The summed E-state index contributed by atoms with van der Waals surface area (Å²) in [5.74, 6) is -12.7. The second kappa shape index (κ2) is 5.99. The molecule has 0 unspecified atom stereocenters. The predicted octanol–water partition coefficient (Wildman–Crippen LogP) is 6.01. The number of hydrogen-bond acceptors (Lipinski definition) is 0. The van der Waals surface area contributed by atoms with Crippen LogP contribution >= 0.6 is 0 Å². The third-order valence-corrected chi connectivity index (χ3v) is 3.09. The molecule has 0 aliphatic heterocycles. The lowest BCUT2D eigenvalue weighted by Gasteiger charge is -2.18. The molecule has 0 atom stereocenters. The summed E-state index contributed by atoms with van der Waals surface area (Å²) in [6.07, 6.45) is -9.22. The van der Waals surface area contributed by atoms with Gasteiger partial charge in [-0.3, -0.25) is 0 Å². The average Bonchev–Trinajstić information content (AvgIpc) is 2.50. The summed E-state index contributed by atoms with van der Waals surface area (Å²) in [6.45, 7) is 0. The van der Waals surface area contributed by atoms with Gasteiger partial charge in [0.15, 0.2) is 23.3 Å². The van der Waals surface area contributed by atoms with Gasteiger partial charge in [-0.2, -0.15) is 13.2 Å². The van der Waals surface area contributed by atoms with Crippen LogP contribution in [0, 0.1) is 29.1 Å². The topological polar surface area (TPSA) is 0 Å². The van der Waals surface area contributed by atoms with Crippen LogP contribution in [0.2, 0.25) is 0 Å². The summed E-state index contributed by atoms with van der Waals surface area (Å²) in [4.78, 5) is 0. The molecule has 0 heterocycles. The zero-order chi connectivity index (χ0) is 18.4. The van der Waals surface area contributed by atoms with E-state index in [-0.39, 0.29) is 0 Å². The van der Waals surface area contributed by atoms with Crippen molar-refractivity contribution in [2.75, 3.05) is 0 Å². The normalized spacial score (nSPS) is 12.1. The maximum atomic E-state index is 13.7. The van der Waals surface area contributed by atoms with Crippen molar-refractivity contribution in [3.63, 3.8) is 0 Å². The van der Waals surface area contributed by atoms with E-state index in [0.29, 0.717) is 18.2 Å². The fourth-order valence-electron chi connectivity index (χ4n) is 2.12. The van der Waals surface area contributed by atoms with Gasteiger partial charge in [-0.15, -0.1) is 0 Å². The lowest BCUT2D eigenvalue weighted by atomic mass is 9.94. The quantitative estimate of drug-likeness (QED) is 0.349. The van der Waals surface area contributed by atoms with Crippen LogP contribution in [0.5, 0.6) is 0 Å². The Morgan fingerprint density at radius 1 is 0.708 bits per heavy atom. The van der Waals surface area contributed by atoms with E-state index in [4.69, 9.17) is 0 Å². The summed E-state index contributed by atoms with van der Waals surface area (Å²) in [5.41, 5.74) is -7.33. The molecule has 2 rings (SSSR count). The van der Waals surface area contributed by atoms with Crippen LogP contribution in [0.4, 0.5) is 43.9 Å². The molecule has 0 radical (unpaired) electrons. The first-order chi connectivity index (χ1) is 11.0. The molecule has 2 aromatic rings. The molecule has 0 bridgehead atoms. The van der Waals surface area contributed by atoms with Crippen LogP contribution in [0.25, 0.3) is 11.1 Å². The van der Waals surface area contributed by atoms with Gasteiger partial charge in [-0.05, 0) is 0 Å². The van der Waals surface area contributed by atoms with Gasteiger partial charge < -0.3 is 0 Å². The van der Waals surface area contributed by atoms with Crippen molar-refractivity contribution in [1.29, 1.82) is 0 Å². The van der Waals surface area contributed by atoms with E-state index < -0.39 is 63.9 Å². The first kappa shape index (κ1) is 18.1. The SMILES string of the molecule is Fc1c(F)c(F)c(-c2cccc(C(F)F)c2C(F)(F)F)c(F)c1F. The molecule has 0 fully saturated rings. The lowest BCUT2D eigenvalue weighted by Crippen LogP contribution is -2.14. The molecule has 130 valence electrons. The molecule has 10 heteroatoms. The van der Waals surface area contributed by atoms with Gasteiger partial charge in [0, 0.05) is 11.1 Å². The fraction of sp³-hybridized carbons (Fsp3) is 0.143. The number of halogens is 10. The molecule has 0 aliphatic carbocycles. The van der Waals surface area contributed by atoms with Crippen molar-refractivity contribution in [2.24, 2.45) is 0 Å². The number of hydrogen-bond donors (Lipinski definition) is 0. The summed E-state index contributed by atoms with van der Waals surface area (Å²) in [5, 5.41) is 0. The Balaban J connectivity index is 2.97. The predicted molar refractivity (Wildman–Crippen MR) is 61.6 cm³/mol. The van der Waals surface area contributed by atoms with Gasteiger partial charge in [0.2, 0.25) is 5.82 Å². The van der Waals surface area contributed by atoms with E-state index >= 15 is 0 Å². The molecular weight excluding hydrogens is 358 g/mol. The van der Waals surface area contributed by atoms with Gasteiger partial charge in [0.25, 0.3) is 6.43 Å². The Hall–Kier alpha value is -2.26. The van der Waals surface area contributed by atoms with Crippen LogP contribution < -0.4 is 0 Å². The maximum Gasteiger partial charge on any atom is 0.417 e. The van der Waals surface area contributed by atoms with Crippen molar-refractivity contribution >= 4 is 0 Å². The smallest absolute Gasteiger partial charge is 0.205 e. The van der Waals surface area contributed by atoms with E-state index in [1.54, 1.807) is 0 Å². The van der Waals surface area contributed by atoms with Crippen LogP contribution in [-0.2, 0) is 6.18 Å². The Morgan fingerprint density at radius 3 is 1.58 bits per heavy atom. The number of alkyl halides is 5. The van der Waals surface area contributed by atoms with Crippen LogP contribution in [0.3, 0.4) is 0 Å². The van der Waals surface area contributed by atoms with Crippen molar-refractivity contribution in [3.8, 4) is 11.1 Å². The van der Waals surface area contributed by atoms with Gasteiger partial charge in [0.1, 0.15) is 0 Å². The molecule has 0 N–H and O–H groups in total. The van der Waals surface area contributed by atoms with Crippen molar-refractivity contribution in [2.45, 2.75) is 12.6 Å². The lowest BCUT2D eigenvalue weighted by molar-refractivity contribution is -0.139. The molecule has 0 saturated carbocycles. The highest BCUT2D eigenvalue weighted by Crippen LogP contribution is 2.44. The Bertz CT molecular complexity index is 762. The maximum absolute atomic E-state index is 13.7. The van der Waals surface area contributed by atoms with Crippen LogP contribution in [0.1, 0.15) is 17.6 Å².